The molecule has 26 heavy (non-hydrogen) atoms. The van der Waals surface area contributed by atoms with E-state index >= 15 is 0 Å². The number of H-pyrrole nitrogens is 1. The molecule has 1 atom stereocenters. The number of hydrogen-bond acceptors (Lipinski definition) is 3. The number of carbonyl (C=O) groups is 2. The summed E-state index contributed by atoms with van der Waals surface area (Å²) in [6, 6.07) is 7.26. The smallest absolute Gasteiger partial charge is 0.328 e. The Morgan fingerprint density at radius 1 is 1.12 bits per heavy atom. The Balaban J connectivity index is 2.11. The molecule has 0 aliphatic rings. The van der Waals surface area contributed by atoms with Crippen molar-refractivity contribution >= 4 is 22.8 Å². The van der Waals surface area contributed by atoms with Crippen LogP contribution in [-0.4, -0.2) is 29.5 Å². The van der Waals surface area contributed by atoms with Crippen LogP contribution in [0.2, 0.25) is 0 Å². The van der Waals surface area contributed by atoms with Crippen LogP contribution in [0, 0.1) is 11.8 Å². The number of ether oxygens (including phenoxy) is 1. The van der Waals surface area contributed by atoms with Gasteiger partial charge in [-0.05, 0) is 29.9 Å². The number of rotatable bonds is 9. The maximum atomic E-state index is 12.5. The largest absolute Gasteiger partial charge is 0.464 e. The van der Waals surface area contributed by atoms with Crippen molar-refractivity contribution in [1.29, 1.82) is 0 Å². The van der Waals surface area contributed by atoms with E-state index in [1.165, 1.54) is 0 Å². The molecule has 2 rings (SSSR count). The van der Waals surface area contributed by atoms with Crippen molar-refractivity contribution in [3.05, 3.63) is 36.0 Å². The van der Waals surface area contributed by atoms with Crippen LogP contribution in [0.15, 0.2) is 30.5 Å². The summed E-state index contributed by atoms with van der Waals surface area (Å²) in [4.78, 5) is 28.0. The summed E-state index contributed by atoms with van der Waals surface area (Å²) in [7, 11) is 0. The highest BCUT2D eigenvalue weighted by molar-refractivity contribution is 5.87. The summed E-state index contributed by atoms with van der Waals surface area (Å²) >= 11 is 0. The molecule has 2 N–H and O–H groups in total. The van der Waals surface area contributed by atoms with E-state index in [4.69, 9.17) is 4.74 Å². The second-order valence-corrected chi connectivity index (χ2v) is 7.64. The van der Waals surface area contributed by atoms with Gasteiger partial charge in [-0.25, -0.2) is 4.79 Å². The van der Waals surface area contributed by atoms with Gasteiger partial charge in [-0.15, -0.1) is 0 Å². The lowest BCUT2D eigenvalue weighted by Gasteiger charge is -2.18. The first-order valence-corrected chi connectivity index (χ1v) is 9.37. The van der Waals surface area contributed by atoms with Crippen LogP contribution in [0.3, 0.4) is 0 Å². The van der Waals surface area contributed by atoms with E-state index in [2.05, 4.69) is 24.1 Å². The second-order valence-electron chi connectivity index (χ2n) is 7.64. The van der Waals surface area contributed by atoms with Crippen molar-refractivity contribution < 1.29 is 14.3 Å². The summed E-state index contributed by atoms with van der Waals surface area (Å²) in [6.45, 7) is 8.48. The number of carbonyl (C=O) groups excluding carboxylic acids is 2. The van der Waals surface area contributed by atoms with E-state index in [0.29, 0.717) is 25.4 Å². The number of aromatic nitrogens is 1. The molecule has 142 valence electrons. The van der Waals surface area contributed by atoms with Crippen molar-refractivity contribution in [1.82, 2.24) is 10.3 Å². The van der Waals surface area contributed by atoms with E-state index in [0.717, 1.165) is 22.9 Å². The van der Waals surface area contributed by atoms with Crippen molar-refractivity contribution in [3.63, 3.8) is 0 Å². The molecule has 1 aromatic carbocycles. The average molecular weight is 358 g/mol. The summed E-state index contributed by atoms with van der Waals surface area (Å²) < 4.78 is 5.39. The zero-order valence-corrected chi connectivity index (χ0v) is 16.2. The number of esters is 1. The van der Waals surface area contributed by atoms with Gasteiger partial charge < -0.3 is 15.0 Å². The zero-order valence-electron chi connectivity index (χ0n) is 16.2. The fraction of sp³-hybridized carbons (Fsp3) is 0.524. The van der Waals surface area contributed by atoms with Crippen LogP contribution in [0.4, 0.5) is 0 Å². The highest BCUT2D eigenvalue weighted by atomic mass is 16.5. The standard InChI is InChI=1S/C21H30N2O3/c1-14(2)9-10-20(24)23-19(21(25)26-13-15(3)4)11-16-12-22-18-8-6-5-7-17(16)18/h5-8,12,14-15,19,22H,9-11,13H2,1-4H3,(H,23,24)/t19-/m0/s1. The third-order valence-electron chi connectivity index (χ3n) is 4.23. The summed E-state index contributed by atoms with van der Waals surface area (Å²) in [5, 5.41) is 3.93. The highest BCUT2D eigenvalue weighted by Crippen LogP contribution is 2.19. The SMILES string of the molecule is CC(C)CCC(=O)N[C@@H](Cc1c[nH]c2ccccc12)C(=O)OCC(C)C. The molecule has 0 aliphatic heterocycles. The third kappa shape index (κ3) is 5.90. The molecule has 0 saturated heterocycles. The first-order chi connectivity index (χ1) is 12.4. The molecule has 0 bridgehead atoms. The highest BCUT2D eigenvalue weighted by Gasteiger charge is 2.24. The molecule has 0 radical (unpaired) electrons. The number of para-hydroxylation sites is 1. The van der Waals surface area contributed by atoms with E-state index in [-0.39, 0.29) is 17.8 Å². The molecule has 1 aromatic heterocycles. The monoisotopic (exact) mass is 358 g/mol. The first-order valence-electron chi connectivity index (χ1n) is 9.37. The molecular formula is C21H30N2O3. The zero-order chi connectivity index (χ0) is 19.1. The van der Waals surface area contributed by atoms with Gasteiger partial charge in [0, 0.05) is 29.9 Å². The number of aromatic amines is 1. The molecule has 1 amide bonds. The Kier molecular flexibility index (Phi) is 7.25. The minimum Gasteiger partial charge on any atom is -0.464 e. The molecule has 2 aromatic rings. The number of nitrogens with one attached hydrogen (secondary N) is 2. The van der Waals surface area contributed by atoms with Gasteiger partial charge in [0.25, 0.3) is 0 Å². The lowest BCUT2D eigenvalue weighted by Crippen LogP contribution is -2.43. The van der Waals surface area contributed by atoms with Gasteiger partial charge in [0.2, 0.25) is 5.91 Å². The van der Waals surface area contributed by atoms with Gasteiger partial charge in [-0.1, -0.05) is 45.9 Å². The molecule has 0 fully saturated rings. The van der Waals surface area contributed by atoms with Crippen LogP contribution in [0.25, 0.3) is 10.9 Å². The Labute approximate surface area is 155 Å². The molecule has 0 spiro atoms. The third-order valence-corrected chi connectivity index (χ3v) is 4.23. The molecule has 0 unspecified atom stereocenters. The quantitative estimate of drug-likeness (QED) is 0.669. The number of hydrogen-bond donors (Lipinski definition) is 2. The van der Waals surface area contributed by atoms with Gasteiger partial charge in [-0.3, -0.25) is 4.79 Å². The van der Waals surface area contributed by atoms with Crippen LogP contribution in [0.1, 0.15) is 46.1 Å². The van der Waals surface area contributed by atoms with Crippen LogP contribution >= 0.6 is 0 Å². The fourth-order valence-electron chi connectivity index (χ4n) is 2.75. The van der Waals surface area contributed by atoms with Gasteiger partial charge in [0.1, 0.15) is 6.04 Å². The van der Waals surface area contributed by atoms with E-state index in [1.807, 2.05) is 44.3 Å². The van der Waals surface area contributed by atoms with Gasteiger partial charge in [0.15, 0.2) is 0 Å². The van der Waals surface area contributed by atoms with Crippen molar-refractivity contribution in [2.45, 2.75) is 53.0 Å². The average Bonchev–Trinajstić information content (AvgIpc) is 3.00. The molecule has 0 saturated carbocycles. The fourth-order valence-corrected chi connectivity index (χ4v) is 2.75. The van der Waals surface area contributed by atoms with Gasteiger partial charge in [-0.2, -0.15) is 0 Å². The molecule has 5 heteroatoms. The van der Waals surface area contributed by atoms with Crippen LogP contribution < -0.4 is 5.32 Å². The predicted octanol–water partition coefficient (Wildman–Crippen LogP) is 3.83. The Bertz CT molecular complexity index is 734. The van der Waals surface area contributed by atoms with E-state index in [1.54, 1.807) is 0 Å². The van der Waals surface area contributed by atoms with E-state index < -0.39 is 6.04 Å². The summed E-state index contributed by atoms with van der Waals surface area (Å²) in [6.07, 6.45) is 3.52. The van der Waals surface area contributed by atoms with Gasteiger partial charge in [0.05, 0.1) is 6.61 Å². The molecule has 5 nitrogen and oxygen atoms in total. The molecular weight excluding hydrogens is 328 g/mol. The first kappa shape index (κ1) is 20.0. The van der Waals surface area contributed by atoms with Crippen molar-refractivity contribution in [2.75, 3.05) is 6.61 Å². The Morgan fingerprint density at radius 2 is 1.85 bits per heavy atom. The summed E-state index contributed by atoms with van der Waals surface area (Å²) in [5.41, 5.74) is 2.01. The lowest BCUT2D eigenvalue weighted by molar-refractivity contribution is -0.148. The van der Waals surface area contributed by atoms with E-state index in [9.17, 15) is 9.59 Å². The topological polar surface area (TPSA) is 71.2 Å². The normalized spacial score (nSPS) is 12.5. The van der Waals surface area contributed by atoms with Crippen molar-refractivity contribution in [3.8, 4) is 0 Å². The van der Waals surface area contributed by atoms with Crippen molar-refractivity contribution in [2.24, 2.45) is 11.8 Å². The summed E-state index contributed by atoms with van der Waals surface area (Å²) in [5.74, 6) is 0.219. The number of fused-ring (bicyclic) bond motifs is 1. The number of benzene rings is 1. The molecule has 1 heterocycles. The maximum Gasteiger partial charge on any atom is 0.328 e. The molecule has 0 aliphatic carbocycles. The van der Waals surface area contributed by atoms with Crippen LogP contribution in [-0.2, 0) is 20.7 Å². The second kappa shape index (κ2) is 9.41. The lowest BCUT2D eigenvalue weighted by atomic mass is 10.0. The minimum absolute atomic E-state index is 0.106. The van der Waals surface area contributed by atoms with Crippen LogP contribution in [0.5, 0.6) is 0 Å². The number of amides is 1. The maximum absolute atomic E-state index is 12.5. The Hall–Kier alpha value is -2.30. The predicted molar refractivity (Wildman–Crippen MR) is 104 cm³/mol. The Morgan fingerprint density at radius 3 is 2.54 bits per heavy atom. The van der Waals surface area contributed by atoms with Gasteiger partial charge >= 0.3 is 5.97 Å². The minimum atomic E-state index is -0.674.